The monoisotopic (exact) mass is 467 g/mol. The number of carbonyl (C=O) groups excluding carboxylic acids is 1. The second-order valence-corrected chi connectivity index (χ2v) is 10.4. The summed E-state index contributed by atoms with van der Waals surface area (Å²) in [5.74, 6) is 1.44. The highest BCUT2D eigenvalue weighted by atomic mass is 16.1. The van der Waals surface area contributed by atoms with E-state index < -0.39 is 0 Å². The summed E-state index contributed by atoms with van der Waals surface area (Å²) >= 11 is 0. The van der Waals surface area contributed by atoms with Gasteiger partial charge in [0.1, 0.15) is 5.82 Å². The number of pyridine rings is 1. The van der Waals surface area contributed by atoms with E-state index in [4.69, 9.17) is 5.73 Å². The summed E-state index contributed by atoms with van der Waals surface area (Å²) in [5.41, 5.74) is 13.5. The Bertz CT molecular complexity index is 1250. The number of rotatable bonds is 6. The van der Waals surface area contributed by atoms with Gasteiger partial charge in [0, 0.05) is 60.8 Å². The zero-order valence-corrected chi connectivity index (χ0v) is 20.3. The van der Waals surface area contributed by atoms with Crippen molar-refractivity contribution in [2.24, 2.45) is 5.92 Å². The van der Waals surface area contributed by atoms with Crippen LogP contribution < -0.4 is 16.0 Å². The van der Waals surface area contributed by atoms with Crippen LogP contribution in [-0.4, -0.2) is 55.1 Å². The number of amides is 1. The van der Waals surface area contributed by atoms with Crippen molar-refractivity contribution in [3.63, 3.8) is 0 Å². The Morgan fingerprint density at radius 2 is 1.83 bits per heavy atom. The number of nitrogen functional groups attached to an aromatic ring is 1. The zero-order valence-electron chi connectivity index (χ0n) is 20.3. The van der Waals surface area contributed by atoms with Gasteiger partial charge >= 0.3 is 0 Å². The summed E-state index contributed by atoms with van der Waals surface area (Å²) in [6.07, 6.45) is 6.73. The fourth-order valence-electron chi connectivity index (χ4n) is 5.52. The molecule has 1 atom stereocenters. The molecule has 2 fully saturated rings. The number of nitrogens with two attached hydrogens (primary N) is 1. The average Bonchev–Trinajstić information content (AvgIpc) is 3.55. The number of aromatic nitrogens is 1. The molecule has 1 aliphatic carbocycles. The fourth-order valence-corrected chi connectivity index (χ4v) is 5.52. The molecule has 2 aromatic carbocycles. The van der Waals surface area contributed by atoms with Gasteiger partial charge < -0.3 is 20.9 Å². The first kappa shape index (κ1) is 22.1. The van der Waals surface area contributed by atoms with Gasteiger partial charge in [-0.15, -0.1) is 0 Å². The predicted octanol–water partition coefficient (Wildman–Crippen LogP) is 4.20. The second kappa shape index (κ2) is 9.00. The van der Waals surface area contributed by atoms with Crippen LogP contribution in [0.15, 0.2) is 54.7 Å². The third-order valence-electron chi connectivity index (χ3n) is 7.85. The Kier molecular flexibility index (Phi) is 5.69. The molecule has 3 heterocycles. The van der Waals surface area contributed by atoms with Crippen molar-refractivity contribution < 1.29 is 4.79 Å². The lowest BCUT2D eigenvalue weighted by Gasteiger charge is -2.25. The van der Waals surface area contributed by atoms with Crippen molar-refractivity contribution >= 4 is 17.4 Å². The van der Waals surface area contributed by atoms with Crippen LogP contribution in [-0.2, 0) is 6.42 Å². The maximum Gasteiger partial charge on any atom is 0.251 e. The molecule has 180 valence electrons. The van der Waals surface area contributed by atoms with E-state index in [1.807, 2.05) is 18.3 Å². The Balaban J connectivity index is 1.20. The van der Waals surface area contributed by atoms with Gasteiger partial charge in [0.25, 0.3) is 5.91 Å². The van der Waals surface area contributed by atoms with Gasteiger partial charge in [-0.25, -0.2) is 4.98 Å². The lowest BCUT2D eigenvalue weighted by Crippen LogP contribution is -2.35. The molecule has 0 bridgehead atoms. The number of anilines is 2. The standard InChI is InChI=1S/C29H33N5O/c1-33(17-19-2-3-19)25-11-13-34(18-25)24-7-4-20(5-8-24)23-15-27(28(30)32-16-23)21-6-9-26-22(14-21)10-12-31-29(26)35/h4-9,14-16,19,25H,2-3,10-13,17-18H2,1H3,(H2,30,32)(H,31,35). The molecule has 1 amide bonds. The van der Waals surface area contributed by atoms with Crippen molar-refractivity contribution in [3.8, 4) is 22.3 Å². The Hall–Kier alpha value is -3.38. The van der Waals surface area contributed by atoms with Gasteiger partial charge in [-0.2, -0.15) is 0 Å². The first-order valence-electron chi connectivity index (χ1n) is 12.8. The number of carbonyl (C=O) groups is 1. The van der Waals surface area contributed by atoms with E-state index in [-0.39, 0.29) is 5.91 Å². The molecule has 3 N–H and O–H groups in total. The average molecular weight is 468 g/mol. The van der Waals surface area contributed by atoms with Crippen LogP contribution in [0.4, 0.5) is 11.5 Å². The van der Waals surface area contributed by atoms with E-state index in [0.29, 0.717) is 18.4 Å². The van der Waals surface area contributed by atoms with E-state index in [1.54, 1.807) is 0 Å². The molecule has 1 saturated heterocycles. The molecular formula is C29H33N5O. The van der Waals surface area contributed by atoms with E-state index >= 15 is 0 Å². The molecule has 1 aromatic heterocycles. The second-order valence-electron chi connectivity index (χ2n) is 10.4. The van der Waals surface area contributed by atoms with E-state index in [0.717, 1.165) is 58.8 Å². The molecule has 0 spiro atoms. The van der Waals surface area contributed by atoms with Gasteiger partial charge in [-0.05, 0) is 79.6 Å². The molecule has 0 radical (unpaired) electrons. The highest BCUT2D eigenvalue weighted by Crippen LogP contribution is 2.34. The quantitative estimate of drug-likeness (QED) is 0.568. The molecule has 3 aromatic rings. The van der Waals surface area contributed by atoms with Crippen molar-refractivity contribution in [2.75, 3.05) is 43.9 Å². The van der Waals surface area contributed by atoms with Crippen LogP contribution in [0.3, 0.4) is 0 Å². The van der Waals surface area contributed by atoms with Crippen molar-refractivity contribution in [2.45, 2.75) is 31.7 Å². The van der Waals surface area contributed by atoms with Crippen LogP contribution in [0.1, 0.15) is 35.2 Å². The molecule has 1 unspecified atom stereocenters. The van der Waals surface area contributed by atoms with Gasteiger partial charge in [0.2, 0.25) is 0 Å². The van der Waals surface area contributed by atoms with Crippen LogP contribution >= 0.6 is 0 Å². The lowest BCUT2D eigenvalue weighted by molar-refractivity contribution is 0.0946. The number of fused-ring (bicyclic) bond motifs is 1. The lowest BCUT2D eigenvalue weighted by atomic mass is 9.94. The van der Waals surface area contributed by atoms with E-state index in [9.17, 15) is 4.79 Å². The number of likely N-dealkylation sites (N-methyl/N-ethyl adjacent to an activating group) is 1. The normalized spacial score (nSPS) is 19.7. The first-order valence-corrected chi connectivity index (χ1v) is 12.8. The highest BCUT2D eigenvalue weighted by Gasteiger charge is 2.30. The Morgan fingerprint density at radius 1 is 1.03 bits per heavy atom. The summed E-state index contributed by atoms with van der Waals surface area (Å²) in [5, 5.41) is 2.90. The minimum Gasteiger partial charge on any atom is -0.383 e. The van der Waals surface area contributed by atoms with Crippen LogP contribution in [0, 0.1) is 5.92 Å². The van der Waals surface area contributed by atoms with Crippen LogP contribution in [0.5, 0.6) is 0 Å². The van der Waals surface area contributed by atoms with Crippen molar-refractivity contribution in [1.29, 1.82) is 0 Å². The maximum atomic E-state index is 12.1. The van der Waals surface area contributed by atoms with Gasteiger partial charge in [0.15, 0.2) is 0 Å². The zero-order chi connectivity index (χ0) is 23.9. The summed E-state index contributed by atoms with van der Waals surface area (Å²) < 4.78 is 0. The SMILES string of the molecule is CN(CC1CC1)C1CCN(c2ccc(-c3cnc(N)c(-c4ccc5c(c4)CCNC5=O)c3)cc2)C1. The van der Waals surface area contributed by atoms with Crippen molar-refractivity contribution in [3.05, 3.63) is 65.9 Å². The van der Waals surface area contributed by atoms with Crippen LogP contribution in [0.25, 0.3) is 22.3 Å². The number of hydrogen-bond donors (Lipinski definition) is 2. The smallest absolute Gasteiger partial charge is 0.251 e. The largest absolute Gasteiger partial charge is 0.383 e. The van der Waals surface area contributed by atoms with E-state index in [1.165, 1.54) is 31.5 Å². The maximum absolute atomic E-state index is 12.1. The number of hydrogen-bond acceptors (Lipinski definition) is 5. The van der Waals surface area contributed by atoms with Gasteiger partial charge in [-0.1, -0.05) is 24.3 Å². The third-order valence-corrected chi connectivity index (χ3v) is 7.85. The summed E-state index contributed by atoms with van der Waals surface area (Å²) in [6.45, 7) is 4.14. The third kappa shape index (κ3) is 4.50. The summed E-state index contributed by atoms with van der Waals surface area (Å²) in [7, 11) is 2.29. The minimum absolute atomic E-state index is 0.00313. The minimum atomic E-state index is -0.00313. The first-order chi connectivity index (χ1) is 17.0. The molecule has 2 aliphatic heterocycles. The fraction of sp³-hybridized carbons (Fsp3) is 0.379. The molecule has 3 aliphatic rings. The Labute approximate surface area is 207 Å². The van der Waals surface area contributed by atoms with Gasteiger partial charge in [-0.3, -0.25) is 4.79 Å². The molecule has 6 nitrogen and oxygen atoms in total. The van der Waals surface area contributed by atoms with Gasteiger partial charge in [0.05, 0.1) is 0 Å². The molecule has 6 rings (SSSR count). The highest BCUT2D eigenvalue weighted by molar-refractivity contribution is 5.97. The summed E-state index contributed by atoms with van der Waals surface area (Å²) in [6, 6.07) is 17.5. The molecular weight excluding hydrogens is 434 g/mol. The Morgan fingerprint density at radius 3 is 2.63 bits per heavy atom. The molecule has 35 heavy (non-hydrogen) atoms. The predicted molar refractivity (Wildman–Crippen MR) is 142 cm³/mol. The molecule has 1 saturated carbocycles. The topological polar surface area (TPSA) is 74.5 Å². The summed E-state index contributed by atoms with van der Waals surface area (Å²) in [4.78, 5) is 21.7. The van der Waals surface area contributed by atoms with Crippen molar-refractivity contribution in [1.82, 2.24) is 15.2 Å². The number of benzene rings is 2. The number of nitrogens with one attached hydrogen (secondary N) is 1. The van der Waals surface area contributed by atoms with E-state index in [2.05, 4.69) is 63.5 Å². The molecule has 6 heteroatoms. The van der Waals surface area contributed by atoms with Crippen LogP contribution in [0.2, 0.25) is 0 Å². The number of nitrogens with zero attached hydrogens (tertiary/aromatic N) is 3.